The van der Waals surface area contributed by atoms with Crippen LogP contribution >= 0.6 is 0 Å². The Balaban J connectivity index is 1.89. The molecule has 1 aromatic heterocycles. The molecular formula is C13H21N3. The van der Waals surface area contributed by atoms with Crippen LogP contribution in [0.2, 0.25) is 0 Å². The molecular weight excluding hydrogens is 198 g/mol. The molecule has 2 heterocycles. The lowest BCUT2D eigenvalue weighted by Gasteiger charge is -2.38. The van der Waals surface area contributed by atoms with Gasteiger partial charge in [0.15, 0.2) is 0 Å². The average Bonchev–Trinajstić information content (AvgIpc) is 2.66. The number of piperidine rings is 1. The van der Waals surface area contributed by atoms with E-state index in [9.17, 15) is 0 Å². The van der Waals surface area contributed by atoms with Gasteiger partial charge in [0.25, 0.3) is 0 Å². The molecule has 1 saturated carbocycles. The summed E-state index contributed by atoms with van der Waals surface area (Å²) in [7, 11) is 0. The minimum absolute atomic E-state index is 0.345. The molecule has 0 spiro atoms. The highest BCUT2D eigenvalue weighted by Crippen LogP contribution is 2.38. The van der Waals surface area contributed by atoms with E-state index in [1.807, 2.05) is 6.33 Å². The van der Waals surface area contributed by atoms with E-state index in [2.05, 4.69) is 28.0 Å². The maximum absolute atomic E-state index is 4.39. The van der Waals surface area contributed by atoms with Crippen LogP contribution in [-0.2, 0) is 5.41 Å². The second kappa shape index (κ2) is 3.88. The summed E-state index contributed by atoms with van der Waals surface area (Å²) in [4.78, 5) is 4.39. The second-order valence-electron chi connectivity index (χ2n) is 5.58. The van der Waals surface area contributed by atoms with E-state index in [0.717, 1.165) is 19.1 Å². The summed E-state index contributed by atoms with van der Waals surface area (Å²) in [6.07, 6.45) is 10.7. The van der Waals surface area contributed by atoms with Gasteiger partial charge in [-0.2, -0.15) is 0 Å². The molecule has 1 aliphatic carbocycles. The van der Waals surface area contributed by atoms with Crippen molar-refractivity contribution in [3.8, 4) is 0 Å². The number of hydrogen-bond donors (Lipinski definition) is 1. The minimum atomic E-state index is 0.345. The molecule has 0 atom stereocenters. The Bertz CT molecular complexity index is 359. The summed E-state index contributed by atoms with van der Waals surface area (Å²) in [5, 5.41) is 3.45. The number of aromatic nitrogens is 2. The van der Waals surface area contributed by atoms with Gasteiger partial charge in [0.05, 0.1) is 6.33 Å². The summed E-state index contributed by atoms with van der Waals surface area (Å²) in [6, 6.07) is 0.740. The normalized spacial score (nSPS) is 25.3. The molecule has 3 rings (SSSR count). The van der Waals surface area contributed by atoms with Gasteiger partial charge in [-0.25, -0.2) is 4.98 Å². The second-order valence-corrected chi connectivity index (χ2v) is 5.58. The highest BCUT2D eigenvalue weighted by molar-refractivity contribution is 5.17. The minimum Gasteiger partial charge on any atom is -0.331 e. The topological polar surface area (TPSA) is 29.9 Å². The molecule has 2 fully saturated rings. The molecule has 0 radical (unpaired) electrons. The fourth-order valence-electron chi connectivity index (χ4n) is 2.96. The van der Waals surface area contributed by atoms with E-state index in [1.54, 1.807) is 0 Å². The summed E-state index contributed by atoms with van der Waals surface area (Å²) < 4.78 is 2.45. The lowest BCUT2D eigenvalue weighted by Crippen LogP contribution is -2.39. The van der Waals surface area contributed by atoms with Gasteiger partial charge in [-0.05, 0) is 45.2 Å². The van der Waals surface area contributed by atoms with Gasteiger partial charge in [0, 0.05) is 23.3 Å². The third-order valence-corrected chi connectivity index (χ3v) is 4.46. The Labute approximate surface area is 97.3 Å². The zero-order valence-corrected chi connectivity index (χ0v) is 10.1. The lowest BCUT2D eigenvalue weighted by atomic mass is 9.77. The van der Waals surface area contributed by atoms with Gasteiger partial charge in [-0.3, -0.25) is 0 Å². The Morgan fingerprint density at radius 2 is 2.12 bits per heavy atom. The van der Waals surface area contributed by atoms with Crippen molar-refractivity contribution in [2.45, 2.75) is 50.5 Å². The fourth-order valence-corrected chi connectivity index (χ4v) is 2.96. The van der Waals surface area contributed by atoms with Gasteiger partial charge in [0.2, 0.25) is 0 Å². The zero-order valence-electron chi connectivity index (χ0n) is 10.1. The predicted octanol–water partition coefficient (Wildman–Crippen LogP) is 2.25. The lowest BCUT2D eigenvalue weighted by molar-refractivity contribution is 0.265. The van der Waals surface area contributed by atoms with Crippen LogP contribution in [0.4, 0.5) is 0 Å². The van der Waals surface area contributed by atoms with Gasteiger partial charge in [-0.1, -0.05) is 6.92 Å². The smallest absolute Gasteiger partial charge is 0.0950 e. The van der Waals surface area contributed by atoms with Crippen molar-refractivity contribution in [3.63, 3.8) is 0 Å². The Morgan fingerprint density at radius 1 is 1.38 bits per heavy atom. The van der Waals surface area contributed by atoms with Crippen molar-refractivity contribution >= 4 is 0 Å². The third kappa shape index (κ3) is 1.58. The molecule has 16 heavy (non-hydrogen) atoms. The molecule has 1 aromatic rings. The molecule has 1 saturated heterocycles. The molecule has 0 unspecified atom stereocenters. The van der Waals surface area contributed by atoms with Crippen LogP contribution < -0.4 is 5.32 Å². The molecule has 0 aromatic carbocycles. The molecule has 0 bridgehead atoms. The molecule has 1 N–H and O–H groups in total. The van der Waals surface area contributed by atoms with Crippen molar-refractivity contribution in [2.24, 2.45) is 0 Å². The zero-order chi connectivity index (χ0) is 11.0. The van der Waals surface area contributed by atoms with Crippen LogP contribution in [0.25, 0.3) is 0 Å². The fraction of sp³-hybridized carbons (Fsp3) is 0.769. The van der Waals surface area contributed by atoms with Crippen molar-refractivity contribution in [1.29, 1.82) is 0 Å². The number of nitrogens with zero attached hydrogens (tertiary/aromatic N) is 2. The van der Waals surface area contributed by atoms with E-state index in [-0.39, 0.29) is 0 Å². The van der Waals surface area contributed by atoms with Crippen molar-refractivity contribution < 1.29 is 0 Å². The summed E-state index contributed by atoms with van der Waals surface area (Å²) in [5.41, 5.74) is 1.82. The molecule has 3 nitrogen and oxygen atoms in total. The van der Waals surface area contributed by atoms with Crippen molar-refractivity contribution in [1.82, 2.24) is 14.9 Å². The van der Waals surface area contributed by atoms with Crippen molar-refractivity contribution in [2.75, 3.05) is 13.1 Å². The Hall–Kier alpha value is -0.830. The van der Waals surface area contributed by atoms with Crippen molar-refractivity contribution in [3.05, 3.63) is 18.2 Å². The monoisotopic (exact) mass is 219 g/mol. The van der Waals surface area contributed by atoms with Crippen LogP contribution in [0.3, 0.4) is 0 Å². The van der Waals surface area contributed by atoms with Gasteiger partial charge < -0.3 is 9.88 Å². The maximum Gasteiger partial charge on any atom is 0.0950 e. The van der Waals surface area contributed by atoms with E-state index < -0.39 is 0 Å². The van der Waals surface area contributed by atoms with E-state index in [0.29, 0.717) is 5.41 Å². The molecule has 88 valence electrons. The number of rotatable bonds is 2. The maximum atomic E-state index is 4.39. The number of nitrogens with one attached hydrogen (secondary N) is 1. The summed E-state index contributed by atoms with van der Waals surface area (Å²) in [5.74, 6) is 0. The van der Waals surface area contributed by atoms with Crippen LogP contribution in [0.15, 0.2) is 12.5 Å². The highest BCUT2D eigenvalue weighted by atomic mass is 15.1. The van der Waals surface area contributed by atoms with Gasteiger partial charge >= 0.3 is 0 Å². The van der Waals surface area contributed by atoms with E-state index >= 15 is 0 Å². The largest absolute Gasteiger partial charge is 0.331 e. The predicted molar refractivity (Wildman–Crippen MR) is 64.6 cm³/mol. The van der Waals surface area contributed by atoms with Crippen LogP contribution in [0.5, 0.6) is 0 Å². The SMILES string of the molecule is CC1(c2cncn2C2CCC2)CCNCC1. The molecule has 0 amide bonds. The summed E-state index contributed by atoms with van der Waals surface area (Å²) in [6.45, 7) is 4.69. The summed E-state index contributed by atoms with van der Waals surface area (Å²) >= 11 is 0. The molecule has 2 aliphatic rings. The van der Waals surface area contributed by atoms with E-state index in [1.165, 1.54) is 37.8 Å². The number of imidazole rings is 1. The molecule has 1 aliphatic heterocycles. The Morgan fingerprint density at radius 3 is 2.75 bits per heavy atom. The third-order valence-electron chi connectivity index (χ3n) is 4.46. The molecule has 3 heteroatoms. The average molecular weight is 219 g/mol. The van der Waals surface area contributed by atoms with Crippen LogP contribution in [0, 0.1) is 0 Å². The van der Waals surface area contributed by atoms with Gasteiger partial charge in [0.1, 0.15) is 0 Å². The first-order chi connectivity index (χ1) is 7.80. The van der Waals surface area contributed by atoms with Gasteiger partial charge in [-0.15, -0.1) is 0 Å². The van der Waals surface area contributed by atoms with E-state index in [4.69, 9.17) is 0 Å². The first-order valence-electron chi connectivity index (χ1n) is 6.53. The Kier molecular flexibility index (Phi) is 2.51. The van der Waals surface area contributed by atoms with Crippen LogP contribution in [-0.4, -0.2) is 22.6 Å². The number of hydrogen-bond acceptors (Lipinski definition) is 2. The van der Waals surface area contributed by atoms with Crippen LogP contribution in [0.1, 0.15) is 50.8 Å². The highest BCUT2D eigenvalue weighted by Gasteiger charge is 2.34. The first kappa shape index (κ1) is 10.3. The first-order valence-corrected chi connectivity index (χ1v) is 6.53. The standard InChI is InChI=1S/C13H21N3/c1-13(5-7-14-8-6-13)12-9-15-10-16(12)11-3-2-4-11/h9-11,14H,2-8H2,1H3. The quantitative estimate of drug-likeness (QED) is 0.826.